The number of hydrogen-bond donors (Lipinski definition) is 1. The van der Waals surface area contributed by atoms with Crippen molar-refractivity contribution < 1.29 is 14.3 Å². The topological polar surface area (TPSA) is 79.2 Å². The SMILES string of the molecule is COC(=O)[C@@H]1CCCC[C@H]1NC(=O)c1sccc1C#N. The second-order valence-corrected chi connectivity index (χ2v) is 5.69. The number of hydrogen-bond acceptors (Lipinski definition) is 5. The first-order valence-electron chi connectivity index (χ1n) is 6.53. The van der Waals surface area contributed by atoms with Crippen LogP contribution in [0.3, 0.4) is 0 Å². The van der Waals surface area contributed by atoms with Crippen molar-refractivity contribution in [1.82, 2.24) is 5.32 Å². The Morgan fingerprint density at radius 3 is 2.90 bits per heavy atom. The maximum absolute atomic E-state index is 12.2. The van der Waals surface area contributed by atoms with Gasteiger partial charge in [-0.2, -0.15) is 5.26 Å². The third-order valence-electron chi connectivity index (χ3n) is 3.58. The summed E-state index contributed by atoms with van der Waals surface area (Å²) in [6.45, 7) is 0. The van der Waals surface area contributed by atoms with Gasteiger partial charge in [-0.15, -0.1) is 11.3 Å². The highest BCUT2D eigenvalue weighted by Gasteiger charge is 2.33. The second kappa shape index (κ2) is 6.53. The van der Waals surface area contributed by atoms with Crippen LogP contribution in [0.15, 0.2) is 11.4 Å². The number of nitrogens with one attached hydrogen (secondary N) is 1. The van der Waals surface area contributed by atoms with Crippen LogP contribution in [-0.4, -0.2) is 25.0 Å². The van der Waals surface area contributed by atoms with Gasteiger partial charge in [0.2, 0.25) is 0 Å². The van der Waals surface area contributed by atoms with E-state index in [9.17, 15) is 9.59 Å². The molecule has 1 aromatic heterocycles. The fourth-order valence-electron chi connectivity index (χ4n) is 2.54. The van der Waals surface area contributed by atoms with E-state index < -0.39 is 0 Å². The maximum atomic E-state index is 12.2. The van der Waals surface area contributed by atoms with Gasteiger partial charge >= 0.3 is 5.97 Å². The molecule has 6 heteroatoms. The molecular weight excluding hydrogens is 276 g/mol. The van der Waals surface area contributed by atoms with Crippen LogP contribution < -0.4 is 5.32 Å². The molecule has 20 heavy (non-hydrogen) atoms. The number of carbonyl (C=O) groups is 2. The number of nitriles is 1. The van der Waals surface area contributed by atoms with Gasteiger partial charge in [0, 0.05) is 6.04 Å². The number of carbonyl (C=O) groups excluding carboxylic acids is 2. The Balaban J connectivity index is 2.09. The third kappa shape index (κ3) is 2.99. The van der Waals surface area contributed by atoms with Gasteiger partial charge in [0.25, 0.3) is 5.91 Å². The number of ether oxygens (including phenoxy) is 1. The van der Waals surface area contributed by atoms with Crippen molar-refractivity contribution in [3.63, 3.8) is 0 Å². The summed E-state index contributed by atoms with van der Waals surface area (Å²) in [5.74, 6) is -0.845. The lowest BCUT2D eigenvalue weighted by molar-refractivity contribution is -0.147. The minimum Gasteiger partial charge on any atom is -0.469 e. The highest BCUT2D eigenvalue weighted by Crippen LogP contribution is 2.26. The van der Waals surface area contributed by atoms with Gasteiger partial charge in [-0.05, 0) is 24.3 Å². The molecule has 1 aliphatic carbocycles. The van der Waals surface area contributed by atoms with Crippen LogP contribution in [0.1, 0.15) is 40.9 Å². The highest BCUT2D eigenvalue weighted by atomic mass is 32.1. The van der Waals surface area contributed by atoms with Gasteiger partial charge in [-0.3, -0.25) is 9.59 Å². The quantitative estimate of drug-likeness (QED) is 0.865. The van der Waals surface area contributed by atoms with Gasteiger partial charge in [0.1, 0.15) is 10.9 Å². The molecule has 1 amide bonds. The smallest absolute Gasteiger partial charge is 0.310 e. The molecule has 0 radical (unpaired) electrons. The summed E-state index contributed by atoms with van der Waals surface area (Å²) in [6.07, 6.45) is 3.44. The van der Waals surface area contributed by atoms with Crippen molar-refractivity contribution in [2.45, 2.75) is 31.7 Å². The zero-order chi connectivity index (χ0) is 14.5. The van der Waals surface area contributed by atoms with Crippen molar-refractivity contribution in [3.05, 3.63) is 21.9 Å². The molecule has 1 heterocycles. The van der Waals surface area contributed by atoms with Crippen LogP contribution in [0.2, 0.25) is 0 Å². The maximum Gasteiger partial charge on any atom is 0.310 e. The summed E-state index contributed by atoms with van der Waals surface area (Å²) in [7, 11) is 1.36. The van der Waals surface area contributed by atoms with E-state index in [1.54, 1.807) is 11.4 Å². The summed E-state index contributed by atoms with van der Waals surface area (Å²) in [5.41, 5.74) is 0.373. The van der Waals surface area contributed by atoms with Crippen molar-refractivity contribution in [2.75, 3.05) is 7.11 Å². The standard InChI is InChI=1S/C14H16N2O3S/c1-19-14(18)10-4-2-3-5-11(10)16-13(17)12-9(8-15)6-7-20-12/h6-7,10-11H,2-5H2,1H3,(H,16,17)/t10-,11-/m1/s1. The predicted octanol–water partition coefficient (Wildman–Crippen LogP) is 2.08. The molecular formula is C14H16N2O3S. The fourth-order valence-corrected chi connectivity index (χ4v) is 3.29. The Labute approximate surface area is 121 Å². The predicted molar refractivity (Wildman–Crippen MR) is 74.3 cm³/mol. The molecule has 5 nitrogen and oxygen atoms in total. The zero-order valence-corrected chi connectivity index (χ0v) is 12.0. The monoisotopic (exact) mass is 292 g/mol. The second-order valence-electron chi connectivity index (χ2n) is 4.77. The van der Waals surface area contributed by atoms with Crippen LogP contribution in [0.5, 0.6) is 0 Å². The Morgan fingerprint density at radius 2 is 2.20 bits per heavy atom. The number of amides is 1. The normalized spacial score (nSPS) is 21.8. The van der Waals surface area contributed by atoms with Crippen LogP contribution >= 0.6 is 11.3 Å². The lowest BCUT2D eigenvalue weighted by Crippen LogP contribution is -2.45. The van der Waals surface area contributed by atoms with Crippen LogP contribution in [0, 0.1) is 17.2 Å². The molecule has 0 saturated heterocycles. The first-order chi connectivity index (χ1) is 9.67. The van der Waals surface area contributed by atoms with Crippen molar-refractivity contribution in [2.24, 2.45) is 5.92 Å². The van der Waals surface area contributed by atoms with Crippen LogP contribution in [0.25, 0.3) is 0 Å². The van der Waals surface area contributed by atoms with Crippen molar-refractivity contribution in [3.8, 4) is 6.07 Å². The molecule has 2 atom stereocenters. The Hall–Kier alpha value is -1.87. The third-order valence-corrected chi connectivity index (χ3v) is 4.49. The summed E-state index contributed by atoms with van der Waals surface area (Å²) in [5, 5.41) is 13.5. The van der Waals surface area contributed by atoms with E-state index >= 15 is 0 Å². The largest absolute Gasteiger partial charge is 0.469 e. The molecule has 1 aliphatic rings. The minimum absolute atomic E-state index is 0.211. The van der Waals surface area contributed by atoms with E-state index in [0.29, 0.717) is 10.4 Å². The van der Waals surface area contributed by atoms with Gasteiger partial charge in [0.05, 0.1) is 18.6 Å². The van der Waals surface area contributed by atoms with E-state index in [0.717, 1.165) is 25.7 Å². The first kappa shape index (κ1) is 14.5. The van der Waals surface area contributed by atoms with Crippen LogP contribution in [0.4, 0.5) is 0 Å². The molecule has 0 aliphatic heterocycles. The zero-order valence-electron chi connectivity index (χ0n) is 11.2. The number of esters is 1. The number of nitrogens with zero attached hydrogens (tertiary/aromatic N) is 1. The molecule has 1 aromatic rings. The molecule has 1 N–H and O–H groups in total. The lowest BCUT2D eigenvalue weighted by Gasteiger charge is -2.30. The Morgan fingerprint density at radius 1 is 1.45 bits per heavy atom. The first-order valence-corrected chi connectivity index (χ1v) is 7.41. The molecule has 0 unspecified atom stereocenters. The number of rotatable bonds is 3. The molecule has 106 valence electrons. The van der Waals surface area contributed by atoms with Crippen molar-refractivity contribution >= 4 is 23.2 Å². The summed E-state index contributed by atoms with van der Waals surface area (Å²) in [6, 6.07) is 3.41. The van der Waals surface area contributed by atoms with E-state index in [1.165, 1.54) is 18.4 Å². The molecule has 1 saturated carbocycles. The van der Waals surface area contributed by atoms with Gasteiger partial charge in [-0.1, -0.05) is 12.8 Å². The summed E-state index contributed by atoms with van der Waals surface area (Å²) >= 11 is 1.24. The van der Waals surface area contributed by atoms with Gasteiger partial charge in [-0.25, -0.2) is 0 Å². The van der Waals surface area contributed by atoms with E-state index in [4.69, 9.17) is 10.00 Å². The van der Waals surface area contributed by atoms with E-state index in [2.05, 4.69) is 5.32 Å². The summed E-state index contributed by atoms with van der Waals surface area (Å²) in [4.78, 5) is 24.4. The van der Waals surface area contributed by atoms with Gasteiger partial charge < -0.3 is 10.1 Å². The number of thiophene rings is 1. The van der Waals surface area contributed by atoms with Crippen LogP contribution in [-0.2, 0) is 9.53 Å². The highest BCUT2D eigenvalue weighted by molar-refractivity contribution is 7.12. The Kier molecular flexibility index (Phi) is 4.74. The fraction of sp³-hybridized carbons (Fsp3) is 0.500. The summed E-state index contributed by atoms with van der Waals surface area (Å²) < 4.78 is 4.80. The van der Waals surface area contributed by atoms with E-state index in [-0.39, 0.29) is 23.8 Å². The van der Waals surface area contributed by atoms with Gasteiger partial charge in [0.15, 0.2) is 0 Å². The molecule has 1 fully saturated rings. The van der Waals surface area contributed by atoms with Crippen molar-refractivity contribution in [1.29, 1.82) is 5.26 Å². The molecule has 2 rings (SSSR count). The molecule has 0 bridgehead atoms. The average molecular weight is 292 g/mol. The minimum atomic E-state index is -0.289. The number of methoxy groups -OCH3 is 1. The Bertz CT molecular complexity index is 547. The molecule has 0 spiro atoms. The molecule has 0 aromatic carbocycles. The van der Waals surface area contributed by atoms with E-state index in [1.807, 2.05) is 6.07 Å². The average Bonchev–Trinajstić information content (AvgIpc) is 2.95. The lowest BCUT2D eigenvalue weighted by atomic mass is 9.84.